The van der Waals surface area contributed by atoms with Gasteiger partial charge in [0.05, 0.1) is 5.69 Å². The third-order valence-corrected chi connectivity index (χ3v) is 3.69. The Morgan fingerprint density at radius 3 is 2.82 bits per heavy atom. The number of nitrogens with one attached hydrogen (secondary N) is 1. The third kappa shape index (κ3) is 2.32. The Kier molecular flexibility index (Phi) is 3.72. The standard InChI is InChI=1S/C13H24N4/c1-5-14-9-12-11(3)15-16(4)13(12)17-8-6-7-10(17)2/h10,14H,5-9H2,1-4H3. The smallest absolute Gasteiger partial charge is 0.131 e. The molecule has 1 saturated heterocycles. The van der Waals surface area contributed by atoms with Crippen LogP contribution in [0.15, 0.2) is 0 Å². The van der Waals surface area contributed by atoms with Gasteiger partial charge in [-0.3, -0.25) is 4.68 Å². The highest BCUT2D eigenvalue weighted by Crippen LogP contribution is 2.29. The molecule has 1 aromatic rings. The predicted molar refractivity (Wildman–Crippen MR) is 71.4 cm³/mol. The second kappa shape index (κ2) is 5.08. The van der Waals surface area contributed by atoms with Gasteiger partial charge in [-0.25, -0.2) is 0 Å². The summed E-state index contributed by atoms with van der Waals surface area (Å²) >= 11 is 0. The van der Waals surface area contributed by atoms with Crippen LogP contribution in [0.25, 0.3) is 0 Å². The third-order valence-electron chi connectivity index (χ3n) is 3.69. The van der Waals surface area contributed by atoms with Crippen LogP contribution in [0.2, 0.25) is 0 Å². The number of anilines is 1. The van der Waals surface area contributed by atoms with Gasteiger partial charge in [-0.2, -0.15) is 5.10 Å². The molecule has 1 atom stereocenters. The minimum Gasteiger partial charge on any atom is -0.354 e. The van der Waals surface area contributed by atoms with Crippen LogP contribution in [0.3, 0.4) is 0 Å². The molecule has 0 amide bonds. The first-order chi connectivity index (χ1) is 8.15. The first-order valence-corrected chi connectivity index (χ1v) is 6.65. The highest BCUT2D eigenvalue weighted by molar-refractivity contribution is 5.51. The molecule has 2 heterocycles. The molecule has 96 valence electrons. The molecule has 1 aromatic heterocycles. The molecule has 0 saturated carbocycles. The largest absolute Gasteiger partial charge is 0.354 e. The molecule has 1 aliphatic heterocycles. The van der Waals surface area contributed by atoms with E-state index < -0.39 is 0 Å². The number of rotatable bonds is 4. The van der Waals surface area contributed by atoms with Crippen molar-refractivity contribution in [2.45, 2.75) is 46.2 Å². The summed E-state index contributed by atoms with van der Waals surface area (Å²) in [5.74, 6) is 1.31. The summed E-state index contributed by atoms with van der Waals surface area (Å²) in [5.41, 5.74) is 2.52. The van der Waals surface area contributed by atoms with E-state index in [4.69, 9.17) is 0 Å². The topological polar surface area (TPSA) is 33.1 Å². The predicted octanol–water partition coefficient (Wildman–Crippen LogP) is 1.83. The Morgan fingerprint density at radius 2 is 2.24 bits per heavy atom. The fraction of sp³-hybridized carbons (Fsp3) is 0.769. The summed E-state index contributed by atoms with van der Waals surface area (Å²) in [7, 11) is 2.06. The van der Waals surface area contributed by atoms with Crippen molar-refractivity contribution in [3.8, 4) is 0 Å². The Bertz CT molecular complexity index is 383. The average molecular weight is 236 g/mol. The van der Waals surface area contributed by atoms with Gasteiger partial charge in [0.25, 0.3) is 0 Å². The SMILES string of the molecule is CCNCc1c(C)nn(C)c1N1CCCC1C. The minimum absolute atomic E-state index is 0.644. The normalized spacial score (nSPS) is 20.2. The van der Waals surface area contributed by atoms with Gasteiger partial charge in [-0.1, -0.05) is 6.92 Å². The second-order valence-corrected chi connectivity index (χ2v) is 4.98. The highest BCUT2D eigenvalue weighted by atomic mass is 15.4. The average Bonchev–Trinajstić information content (AvgIpc) is 2.80. The second-order valence-electron chi connectivity index (χ2n) is 4.98. The molecular formula is C13H24N4. The van der Waals surface area contributed by atoms with E-state index in [1.54, 1.807) is 0 Å². The van der Waals surface area contributed by atoms with Gasteiger partial charge in [0.15, 0.2) is 0 Å². The van der Waals surface area contributed by atoms with Gasteiger partial charge in [0.2, 0.25) is 0 Å². The summed E-state index contributed by atoms with van der Waals surface area (Å²) in [6, 6.07) is 0.644. The summed E-state index contributed by atoms with van der Waals surface area (Å²) in [4.78, 5) is 2.51. The van der Waals surface area contributed by atoms with Gasteiger partial charge in [0.1, 0.15) is 5.82 Å². The molecular weight excluding hydrogens is 212 g/mol. The monoisotopic (exact) mass is 236 g/mol. The summed E-state index contributed by atoms with van der Waals surface area (Å²) in [6.45, 7) is 9.66. The van der Waals surface area contributed by atoms with Crippen LogP contribution in [0.5, 0.6) is 0 Å². The highest BCUT2D eigenvalue weighted by Gasteiger charge is 2.26. The molecule has 1 N–H and O–H groups in total. The number of hydrogen-bond donors (Lipinski definition) is 1. The van der Waals surface area contributed by atoms with E-state index in [1.807, 2.05) is 4.68 Å². The molecule has 4 heteroatoms. The Labute approximate surface area is 104 Å². The maximum absolute atomic E-state index is 4.58. The lowest BCUT2D eigenvalue weighted by atomic mass is 10.2. The van der Waals surface area contributed by atoms with Crippen molar-refractivity contribution in [3.05, 3.63) is 11.3 Å². The van der Waals surface area contributed by atoms with Crippen molar-refractivity contribution in [2.24, 2.45) is 7.05 Å². The molecule has 0 aliphatic carbocycles. The van der Waals surface area contributed by atoms with E-state index in [1.165, 1.54) is 30.8 Å². The zero-order chi connectivity index (χ0) is 12.4. The van der Waals surface area contributed by atoms with Gasteiger partial charge in [-0.05, 0) is 33.2 Å². The quantitative estimate of drug-likeness (QED) is 0.866. The maximum Gasteiger partial charge on any atom is 0.131 e. The van der Waals surface area contributed by atoms with Crippen molar-refractivity contribution >= 4 is 5.82 Å². The van der Waals surface area contributed by atoms with Crippen LogP contribution >= 0.6 is 0 Å². The van der Waals surface area contributed by atoms with E-state index in [0.717, 1.165) is 18.8 Å². The molecule has 0 aromatic carbocycles. The van der Waals surface area contributed by atoms with Gasteiger partial charge >= 0.3 is 0 Å². The molecule has 1 fully saturated rings. The lowest BCUT2D eigenvalue weighted by Crippen LogP contribution is -2.30. The summed E-state index contributed by atoms with van der Waals surface area (Å²) in [5, 5.41) is 8.00. The van der Waals surface area contributed by atoms with Crippen molar-refractivity contribution in [1.29, 1.82) is 0 Å². The van der Waals surface area contributed by atoms with E-state index in [0.29, 0.717) is 6.04 Å². The molecule has 0 spiro atoms. The summed E-state index contributed by atoms with van der Waals surface area (Å²) < 4.78 is 2.05. The molecule has 0 radical (unpaired) electrons. The van der Waals surface area contributed by atoms with Gasteiger partial charge in [0, 0.05) is 31.7 Å². The lowest BCUT2D eigenvalue weighted by Gasteiger charge is -2.25. The maximum atomic E-state index is 4.58. The van der Waals surface area contributed by atoms with E-state index >= 15 is 0 Å². The van der Waals surface area contributed by atoms with Crippen molar-refractivity contribution in [2.75, 3.05) is 18.0 Å². The summed E-state index contributed by atoms with van der Waals surface area (Å²) in [6.07, 6.45) is 2.59. The zero-order valence-electron chi connectivity index (χ0n) is 11.5. The first-order valence-electron chi connectivity index (χ1n) is 6.65. The van der Waals surface area contributed by atoms with Crippen LogP contribution < -0.4 is 10.2 Å². The Hall–Kier alpha value is -1.03. The van der Waals surface area contributed by atoms with Crippen molar-refractivity contribution < 1.29 is 0 Å². The van der Waals surface area contributed by atoms with Crippen LogP contribution in [0.4, 0.5) is 5.82 Å². The first kappa shape index (κ1) is 12.4. The molecule has 1 unspecified atom stereocenters. The molecule has 2 rings (SSSR count). The van der Waals surface area contributed by atoms with Crippen molar-refractivity contribution in [1.82, 2.24) is 15.1 Å². The molecule has 17 heavy (non-hydrogen) atoms. The Balaban J connectivity index is 2.30. The van der Waals surface area contributed by atoms with Crippen LogP contribution in [0.1, 0.15) is 37.9 Å². The molecule has 4 nitrogen and oxygen atoms in total. The zero-order valence-corrected chi connectivity index (χ0v) is 11.5. The molecule has 1 aliphatic rings. The number of nitrogens with zero attached hydrogens (tertiary/aromatic N) is 3. The number of aromatic nitrogens is 2. The van der Waals surface area contributed by atoms with Crippen LogP contribution in [-0.4, -0.2) is 28.9 Å². The molecule has 0 bridgehead atoms. The van der Waals surface area contributed by atoms with E-state index in [2.05, 4.69) is 43.1 Å². The van der Waals surface area contributed by atoms with Gasteiger partial charge in [-0.15, -0.1) is 0 Å². The van der Waals surface area contributed by atoms with E-state index in [9.17, 15) is 0 Å². The van der Waals surface area contributed by atoms with Crippen LogP contribution in [0, 0.1) is 6.92 Å². The van der Waals surface area contributed by atoms with Crippen LogP contribution in [-0.2, 0) is 13.6 Å². The fourth-order valence-corrected chi connectivity index (χ4v) is 2.75. The fourth-order valence-electron chi connectivity index (χ4n) is 2.75. The lowest BCUT2D eigenvalue weighted by molar-refractivity contribution is 0.670. The Morgan fingerprint density at radius 1 is 1.47 bits per heavy atom. The minimum atomic E-state index is 0.644. The number of aryl methyl sites for hydroxylation is 2. The van der Waals surface area contributed by atoms with E-state index in [-0.39, 0.29) is 0 Å². The van der Waals surface area contributed by atoms with Gasteiger partial charge < -0.3 is 10.2 Å². The number of hydrogen-bond acceptors (Lipinski definition) is 3. The van der Waals surface area contributed by atoms with Crippen molar-refractivity contribution in [3.63, 3.8) is 0 Å².